The summed E-state index contributed by atoms with van der Waals surface area (Å²) in [6, 6.07) is 20.0. The van der Waals surface area contributed by atoms with E-state index in [0.717, 1.165) is 0 Å². The molecule has 3 aromatic carbocycles. The van der Waals surface area contributed by atoms with Crippen LogP contribution in [-0.4, -0.2) is 24.4 Å². The van der Waals surface area contributed by atoms with E-state index in [4.69, 9.17) is 0 Å². The van der Waals surface area contributed by atoms with E-state index in [0.29, 0.717) is 0 Å². The van der Waals surface area contributed by atoms with Gasteiger partial charge in [-0.15, -0.1) is 0 Å². The van der Waals surface area contributed by atoms with Crippen molar-refractivity contribution in [3.05, 3.63) is 95.2 Å². The maximum absolute atomic E-state index is 2.46. The summed E-state index contributed by atoms with van der Waals surface area (Å²) in [6.07, 6.45) is 6.85. The molecular formula is C33H45I3N2V+. The molecule has 2 aliphatic heterocycles. The van der Waals surface area contributed by atoms with Crippen LogP contribution in [0.3, 0.4) is 0 Å². The van der Waals surface area contributed by atoms with Gasteiger partial charge in [0.15, 0.2) is 5.71 Å². The van der Waals surface area contributed by atoms with Gasteiger partial charge in [0.2, 0.25) is 5.69 Å². The number of nitrogens with zero attached hydrogens (tertiary/aromatic N) is 2. The summed E-state index contributed by atoms with van der Waals surface area (Å²) in [6.45, 7) is 11.5. The normalized spacial score (nSPS) is 17.3. The zero-order valence-electron chi connectivity index (χ0n) is 21.9. The topological polar surface area (TPSA) is 6.25 Å². The average Bonchev–Trinajstić information content (AvgIpc) is 3.12. The molecule has 0 bridgehead atoms. The van der Waals surface area contributed by atoms with E-state index >= 15 is 0 Å². The summed E-state index contributed by atoms with van der Waals surface area (Å²) in [4.78, 5) is 2.07. The van der Waals surface area contributed by atoms with Crippen molar-refractivity contribution < 1.29 is 9.50 Å². The van der Waals surface area contributed by atoms with E-state index in [1.807, 2.05) is 0 Å². The molecule has 6 heteroatoms. The fraction of sp³-hybridized carbons (Fsp3) is 0.364. The maximum atomic E-state index is 2.46. The van der Waals surface area contributed by atoms with Gasteiger partial charge in [0.25, 0.3) is 0 Å². The van der Waals surface area contributed by atoms with Crippen molar-refractivity contribution in [2.24, 2.45) is 0 Å². The van der Waals surface area contributed by atoms with Crippen LogP contribution in [0.1, 0.15) is 66.7 Å². The van der Waals surface area contributed by atoms with Crippen LogP contribution < -0.4 is 4.90 Å². The molecule has 0 aliphatic carbocycles. The average molecular weight is 901 g/mol. The summed E-state index contributed by atoms with van der Waals surface area (Å²) < 4.78 is 2.38. The third-order valence-corrected chi connectivity index (χ3v) is 7.61. The van der Waals surface area contributed by atoms with Gasteiger partial charge in [0.05, 0.1) is 10.8 Å². The molecule has 0 unspecified atom stereocenters. The molecule has 5 rings (SSSR count). The number of allylic oxidation sites excluding steroid dienone is 4. The second-order valence-corrected chi connectivity index (χ2v) is 45.9. The second-order valence-electron chi connectivity index (χ2n) is 10.6. The first-order valence-corrected chi connectivity index (χ1v) is 25.5. The van der Waals surface area contributed by atoms with Gasteiger partial charge in [0, 0.05) is 35.5 Å². The second kappa shape index (κ2) is 14.2. The molecule has 0 saturated heterocycles. The van der Waals surface area contributed by atoms with Crippen LogP contribution in [0.15, 0.2) is 78.5 Å². The van der Waals surface area contributed by atoms with Crippen molar-refractivity contribution in [3.63, 3.8) is 0 Å². The third-order valence-electron chi connectivity index (χ3n) is 7.61. The molecule has 0 radical (unpaired) electrons. The molecule has 2 heterocycles. The first-order valence-electron chi connectivity index (χ1n) is 12.0. The van der Waals surface area contributed by atoms with Gasteiger partial charge in [-0.2, -0.15) is 4.58 Å². The van der Waals surface area contributed by atoms with Gasteiger partial charge >= 0.3 is 64.9 Å². The zero-order chi connectivity index (χ0) is 26.4. The first kappa shape index (κ1) is 36.7. The van der Waals surface area contributed by atoms with Gasteiger partial charge in [-0.25, -0.2) is 0 Å². The Morgan fingerprint density at radius 2 is 1.46 bits per heavy atom. The van der Waals surface area contributed by atoms with Crippen molar-refractivity contribution in [1.29, 1.82) is 0 Å². The molecule has 0 fully saturated rings. The molecule has 0 aromatic heterocycles. The predicted molar refractivity (Wildman–Crippen MR) is 200 cm³/mol. The molecule has 0 saturated carbocycles. The summed E-state index contributed by atoms with van der Waals surface area (Å²) >= 11 is 7.39. The minimum absolute atomic E-state index is 0. The van der Waals surface area contributed by atoms with Gasteiger partial charge in [-0.3, -0.25) is 0 Å². The Balaban J connectivity index is 0.00000102. The van der Waals surface area contributed by atoms with Gasteiger partial charge in [0.1, 0.15) is 7.05 Å². The van der Waals surface area contributed by atoms with Crippen LogP contribution in [0.5, 0.6) is 0 Å². The summed E-state index contributed by atoms with van der Waals surface area (Å²) in [7, 11) is 4.39. The Kier molecular flexibility index (Phi) is 13.4. The summed E-state index contributed by atoms with van der Waals surface area (Å²) in [5.74, 6) is 0. The fourth-order valence-corrected chi connectivity index (χ4v) is 5.80. The van der Waals surface area contributed by atoms with E-state index in [9.17, 15) is 0 Å². The van der Waals surface area contributed by atoms with Crippen molar-refractivity contribution in [2.45, 2.75) is 67.7 Å². The first-order chi connectivity index (χ1) is 16.9. The van der Waals surface area contributed by atoms with E-state index in [1.165, 1.54) is 50.2 Å². The molecule has 2 aliphatic rings. The van der Waals surface area contributed by atoms with Crippen LogP contribution >= 0.6 is 59.9 Å². The third kappa shape index (κ3) is 7.00. The van der Waals surface area contributed by atoms with Crippen LogP contribution in [-0.2, 0) is 15.8 Å². The molecule has 0 spiro atoms. The number of hydrogen-bond donors (Lipinski definition) is 0. The van der Waals surface area contributed by atoms with Crippen molar-refractivity contribution in [1.82, 2.24) is 0 Å². The Labute approximate surface area is 276 Å². The number of halogens is 3. The van der Waals surface area contributed by atoms with E-state index in [2.05, 4.69) is 191 Å². The van der Waals surface area contributed by atoms with Gasteiger partial charge in [-0.1, -0.05) is 90.2 Å². The van der Waals surface area contributed by atoms with Crippen LogP contribution in [0.25, 0.3) is 10.8 Å². The predicted octanol–water partition coefficient (Wildman–Crippen LogP) is 11.6. The quantitative estimate of drug-likeness (QED) is 0.183. The Hall–Kier alpha value is -0.356. The monoisotopic (exact) mass is 901 g/mol. The molecule has 0 N–H and O–H groups in total. The van der Waals surface area contributed by atoms with Crippen LogP contribution in [0.4, 0.5) is 11.4 Å². The Morgan fingerprint density at radius 1 is 0.846 bits per heavy atom. The van der Waals surface area contributed by atoms with Crippen LogP contribution in [0, 0.1) is 6.92 Å². The SMILES string of the molecule is C.C.C.Cc1ccc2c(c1)C(C)(C)C(=CC=CC1=[N+](C)c3c(ccc4ccccc34)C1(C)C)N2C.[I][V]([I])[I]. The molecule has 0 amide bonds. The molecular weight excluding hydrogens is 856 g/mol. The Morgan fingerprint density at radius 3 is 2.10 bits per heavy atom. The summed E-state index contributed by atoms with van der Waals surface area (Å²) in [5.41, 5.74) is 9.37. The van der Waals surface area contributed by atoms with E-state index < -0.39 is 0 Å². The number of hydrogen-bond acceptors (Lipinski definition) is 1. The number of rotatable bonds is 2. The van der Waals surface area contributed by atoms with Gasteiger partial charge < -0.3 is 4.90 Å². The summed E-state index contributed by atoms with van der Waals surface area (Å²) in [5, 5.41) is 2.62. The zero-order valence-corrected chi connectivity index (χ0v) is 29.8. The number of anilines is 1. The van der Waals surface area contributed by atoms with Crippen molar-refractivity contribution >= 4 is 87.8 Å². The van der Waals surface area contributed by atoms with E-state index in [-0.39, 0.29) is 38.0 Å². The number of fused-ring (bicyclic) bond motifs is 4. The molecule has 212 valence electrons. The molecule has 0 atom stereocenters. The van der Waals surface area contributed by atoms with E-state index in [1.54, 1.807) is 0 Å². The fourth-order valence-electron chi connectivity index (χ4n) is 5.80. The van der Waals surface area contributed by atoms with Crippen LogP contribution in [0.2, 0.25) is 0 Å². The van der Waals surface area contributed by atoms with Gasteiger partial charge in [-0.05, 0) is 49.9 Å². The standard InChI is InChI=1S/C30H33N2.3CH4.3HI.V/c1-20-15-18-25-24(19-20)30(4,5)26(31(25)6)13-10-14-27-29(2,3)23-17-16-21-11-8-9-12-22(21)28(23)32(27)7;;;;;;;/h8-19H,1-7H3;3*1H4;3*1H;/q+1;;;;;;;+3/p-3. The molecule has 2 nitrogen and oxygen atoms in total. The molecule has 3 aromatic rings. The minimum atomic E-state index is -0.278. The molecule has 39 heavy (non-hydrogen) atoms. The number of aryl methyl sites for hydroxylation is 1. The van der Waals surface area contributed by atoms with Crippen molar-refractivity contribution in [3.8, 4) is 0 Å². The number of likely N-dealkylation sites (N-methyl/N-ethyl adjacent to an activating group) is 1. The number of benzene rings is 3. The Bertz CT molecular complexity index is 1410. The van der Waals surface area contributed by atoms with Crippen molar-refractivity contribution in [2.75, 3.05) is 19.0 Å².